The summed E-state index contributed by atoms with van der Waals surface area (Å²) >= 11 is 12.4. The van der Waals surface area contributed by atoms with Crippen LogP contribution in [0.5, 0.6) is 0 Å². The molecule has 2 atom stereocenters. The monoisotopic (exact) mass is 310 g/mol. The molecule has 0 aliphatic rings. The van der Waals surface area contributed by atoms with Crippen molar-refractivity contribution in [3.8, 4) is 0 Å². The molecule has 0 nitrogen and oxygen atoms in total. The van der Waals surface area contributed by atoms with Crippen molar-refractivity contribution in [2.75, 3.05) is 0 Å². The maximum atomic E-state index is 13.5. The van der Waals surface area contributed by atoms with Gasteiger partial charge in [0, 0.05) is 0 Å². The lowest BCUT2D eigenvalue weighted by Crippen LogP contribution is -1.97. The fourth-order valence-corrected chi connectivity index (χ4v) is 2.74. The second-order valence-corrected chi connectivity index (χ2v) is 5.80. The molecule has 0 heterocycles. The van der Waals surface area contributed by atoms with E-state index < -0.39 is 11.2 Å². The minimum absolute atomic E-state index is 0.0958. The molecular weight excluding hydrogens is 294 g/mol. The van der Waals surface area contributed by atoms with Gasteiger partial charge in [-0.3, -0.25) is 0 Å². The van der Waals surface area contributed by atoms with E-state index in [-0.39, 0.29) is 5.02 Å². The smallest absolute Gasteiger partial charge is 0.142 e. The highest BCUT2D eigenvalue weighted by Gasteiger charge is 2.16. The molecule has 0 radical (unpaired) electrons. The van der Waals surface area contributed by atoms with Crippen LogP contribution in [-0.2, 0) is 0 Å². The summed E-state index contributed by atoms with van der Waals surface area (Å²) in [7, 11) is 0. The zero-order chi connectivity index (χ0) is 14.7. The van der Waals surface area contributed by atoms with Gasteiger partial charge in [-0.15, -0.1) is 11.6 Å². The highest BCUT2D eigenvalue weighted by atomic mass is 35.5. The molecular formula is C17H17Cl2F. The number of alkyl halides is 1. The second-order valence-electron chi connectivity index (χ2n) is 4.98. The maximum absolute atomic E-state index is 13.5. The molecule has 2 unspecified atom stereocenters. The van der Waals surface area contributed by atoms with Crippen LogP contribution in [0.15, 0.2) is 42.5 Å². The number of hydrogen-bond donors (Lipinski definition) is 0. The summed E-state index contributed by atoms with van der Waals surface area (Å²) in [6.45, 7) is 4.35. The van der Waals surface area contributed by atoms with Gasteiger partial charge in [0.2, 0.25) is 0 Å². The fourth-order valence-electron chi connectivity index (χ4n) is 2.12. The molecule has 2 aromatic carbocycles. The van der Waals surface area contributed by atoms with Gasteiger partial charge in [0.05, 0.1) is 10.4 Å². The van der Waals surface area contributed by atoms with Gasteiger partial charge in [-0.2, -0.15) is 0 Å². The third-order valence-corrected chi connectivity index (χ3v) is 4.55. The van der Waals surface area contributed by atoms with Crippen molar-refractivity contribution in [1.29, 1.82) is 0 Å². The Morgan fingerprint density at radius 1 is 1.05 bits per heavy atom. The van der Waals surface area contributed by atoms with E-state index in [1.54, 1.807) is 12.1 Å². The number of hydrogen-bond acceptors (Lipinski definition) is 0. The lowest BCUT2D eigenvalue weighted by Gasteiger charge is -2.14. The van der Waals surface area contributed by atoms with Gasteiger partial charge in [-0.05, 0) is 35.1 Å². The first-order valence-electron chi connectivity index (χ1n) is 6.72. The average molecular weight is 311 g/mol. The number of benzene rings is 2. The summed E-state index contributed by atoms with van der Waals surface area (Å²) in [5.41, 5.74) is 2.81. The van der Waals surface area contributed by atoms with Gasteiger partial charge in [-0.1, -0.05) is 61.8 Å². The predicted molar refractivity (Wildman–Crippen MR) is 84.3 cm³/mol. The third kappa shape index (κ3) is 3.16. The van der Waals surface area contributed by atoms with E-state index in [2.05, 4.69) is 26.0 Å². The molecule has 106 valence electrons. The Morgan fingerprint density at radius 2 is 1.65 bits per heavy atom. The normalized spacial score (nSPS) is 14.1. The molecule has 0 saturated heterocycles. The van der Waals surface area contributed by atoms with Crippen molar-refractivity contribution < 1.29 is 4.39 Å². The van der Waals surface area contributed by atoms with Gasteiger partial charge in [-0.25, -0.2) is 4.39 Å². The molecule has 2 aromatic rings. The van der Waals surface area contributed by atoms with Gasteiger partial charge in [0.25, 0.3) is 0 Å². The largest absolute Gasteiger partial charge is 0.205 e. The van der Waals surface area contributed by atoms with E-state index in [1.807, 2.05) is 12.1 Å². The topological polar surface area (TPSA) is 0 Å². The molecule has 0 spiro atoms. The van der Waals surface area contributed by atoms with Crippen LogP contribution in [0.4, 0.5) is 4.39 Å². The van der Waals surface area contributed by atoms with Gasteiger partial charge in [0.15, 0.2) is 0 Å². The minimum atomic E-state index is -0.441. The van der Waals surface area contributed by atoms with E-state index in [0.29, 0.717) is 11.5 Å². The Labute approximate surface area is 129 Å². The molecule has 3 heteroatoms. The Hall–Kier alpha value is -1.05. The minimum Gasteiger partial charge on any atom is -0.205 e. The zero-order valence-corrected chi connectivity index (χ0v) is 13.0. The summed E-state index contributed by atoms with van der Waals surface area (Å²) in [5.74, 6) is 0.0848. The van der Waals surface area contributed by atoms with E-state index in [9.17, 15) is 4.39 Å². The zero-order valence-electron chi connectivity index (χ0n) is 11.5. The summed E-state index contributed by atoms with van der Waals surface area (Å²) < 4.78 is 13.5. The van der Waals surface area contributed by atoms with E-state index in [4.69, 9.17) is 23.2 Å². The molecule has 0 saturated carbocycles. The summed E-state index contributed by atoms with van der Waals surface area (Å²) in [6, 6.07) is 12.8. The Bertz CT molecular complexity index is 578. The van der Waals surface area contributed by atoms with E-state index in [0.717, 1.165) is 12.0 Å². The molecule has 0 N–H and O–H groups in total. The number of halogens is 3. The van der Waals surface area contributed by atoms with Gasteiger partial charge < -0.3 is 0 Å². The van der Waals surface area contributed by atoms with E-state index >= 15 is 0 Å². The molecule has 20 heavy (non-hydrogen) atoms. The van der Waals surface area contributed by atoms with Crippen LogP contribution in [0, 0.1) is 5.82 Å². The molecule has 0 fully saturated rings. The average Bonchev–Trinajstić information content (AvgIpc) is 2.48. The first kappa shape index (κ1) is 15.3. The lowest BCUT2D eigenvalue weighted by atomic mass is 9.96. The fraction of sp³-hybridized carbons (Fsp3) is 0.294. The van der Waals surface area contributed by atoms with Gasteiger partial charge in [0.1, 0.15) is 5.82 Å². The summed E-state index contributed by atoms with van der Waals surface area (Å²) in [4.78, 5) is 0. The van der Waals surface area contributed by atoms with Crippen LogP contribution in [0.2, 0.25) is 5.02 Å². The molecule has 0 aliphatic heterocycles. The Balaban J connectivity index is 2.29. The molecule has 0 aromatic heterocycles. The van der Waals surface area contributed by atoms with Crippen molar-refractivity contribution in [2.45, 2.75) is 31.6 Å². The van der Waals surface area contributed by atoms with Crippen LogP contribution in [0.1, 0.15) is 48.3 Å². The Kier molecular flexibility index (Phi) is 5.06. The number of rotatable bonds is 4. The van der Waals surface area contributed by atoms with E-state index in [1.165, 1.54) is 11.6 Å². The second kappa shape index (κ2) is 6.60. The molecule has 0 aliphatic carbocycles. The van der Waals surface area contributed by atoms with Crippen LogP contribution in [0.25, 0.3) is 0 Å². The highest BCUT2D eigenvalue weighted by Crippen LogP contribution is 2.35. The lowest BCUT2D eigenvalue weighted by molar-refractivity contribution is 0.626. The molecule has 0 bridgehead atoms. The summed E-state index contributed by atoms with van der Waals surface area (Å²) in [6.07, 6.45) is 1.10. The van der Waals surface area contributed by atoms with Crippen molar-refractivity contribution >= 4 is 23.2 Å². The molecule has 0 amide bonds. The third-order valence-electron chi connectivity index (χ3n) is 3.67. The highest BCUT2D eigenvalue weighted by molar-refractivity contribution is 6.33. The van der Waals surface area contributed by atoms with Crippen LogP contribution in [-0.4, -0.2) is 0 Å². The summed E-state index contributed by atoms with van der Waals surface area (Å²) in [5, 5.41) is -0.345. The van der Waals surface area contributed by atoms with Crippen molar-refractivity contribution in [1.82, 2.24) is 0 Å². The Morgan fingerprint density at radius 3 is 2.25 bits per heavy atom. The van der Waals surface area contributed by atoms with Crippen LogP contribution >= 0.6 is 23.2 Å². The van der Waals surface area contributed by atoms with Crippen molar-refractivity contribution in [2.24, 2.45) is 0 Å². The van der Waals surface area contributed by atoms with Crippen LogP contribution < -0.4 is 0 Å². The van der Waals surface area contributed by atoms with Gasteiger partial charge >= 0.3 is 0 Å². The van der Waals surface area contributed by atoms with Crippen molar-refractivity contribution in [3.05, 3.63) is 70.0 Å². The predicted octanol–water partition coefficient (Wildman–Crippen LogP) is 6.32. The molecule has 2 rings (SSSR count). The van der Waals surface area contributed by atoms with Crippen LogP contribution in [0.3, 0.4) is 0 Å². The maximum Gasteiger partial charge on any atom is 0.142 e. The van der Waals surface area contributed by atoms with Crippen molar-refractivity contribution in [3.63, 3.8) is 0 Å². The first-order chi connectivity index (χ1) is 9.54. The quantitative estimate of drug-likeness (QED) is 0.579. The first-order valence-corrected chi connectivity index (χ1v) is 7.53. The standard InChI is InChI=1S/C17H17Cl2F/c1-3-11(2)12-7-9-13(10-8-12)16(18)14-5-4-6-15(20)17(14)19/h4-11,16H,3H2,1-2H3. The SMILES string of the molecule is CCC(C)c1ccc(C(Cl)c2cccc(F)c2Cl)cc1.